The van der Waals surface area contributed by atoms with Gasteiger partial charge in [0.2, 0.25) is 5.91 Å². The van der Waals surface area contributed by atoms with Crippen LogP contribution in [0.25, 0.3) is 11.5 Å². The fourth-order valence-electron chi connectivity index (χ4n) is 2.30. The number of carbonyl (C=O) groups excluding carboxylic acids is 1. The molecule has 3 rings (SSSR count). The van der Waals surface area contributed by atoms with E-state index in [0.717, 1.165) is 36.8 Å². The second-order valence-electron chi connectivity index (χ2n) is 5.23. The van der Waals surface area contributed by atoms with E-state index in [9.17, 15) is 4.79 Å². The molecule has 0 aromatic carbocycles. The van der Waals surface area contributed by atoms with Crippen molar-refractivity contribution in [3.63, 3.8) is 0 Å². The monoisotopic (exact) mass is 321 g/mol. The summed E-state index contributed by atoms with van der Waals surface area (Å²) in [7, 11) is 0. The minimum atomic E-state index is -0.0766. The molecule has 1 aliphatic heterocycles. The van der Waals surface area contributed by atoms with Crippen molar-refractivity contribution in [2.75, 3.05) is 18.5 Å². The Kier molecular flexibility index (Phi) is 4.74. The summed E-state index contributed by atoms with van der Waals surface area (Å²) in [5.74, 6) is 1.35. The lowest BCUT2D eigenvalue weighted by molar-refractivity contribution is -0.119. The van der Waals surface area contributed by atoms with Crippen LogP contribution < -0.4 is 10.6 Å². The number of amides is 1. The van der Waals surface area contributed by atoms with E-state index in [0.29, 0.717) is 24.2 Å². The van der Waals surface area contributed by atoms with Crippen LogP contribution in [-0.4, -0.2) is 30.1 Å². The summed E-state index contributed by atoms with van der Waals surface area (Å²) in [6.07, 6.45) is 2.54. The third-order valence-electron chi connectivity index (χ3n) is 3.43. The third-order valence-corrected chi connectivity index (χ3v) is 4.23. The summed E-state index contributed by atoms with van der Waals surface area (Å²) >= 11 is 1.55. The highest BCUT2D eigenvalue weighted by Gasteiger charge is 2.16. The lowest BCUT2D eigenvalue weighted by Gasteiger charge is -2.08. The Balaban J connectivity index is 1.57. The first-order chi connectivity index (χ1) is 10.7. The van der Waals surface area contributed by atoms with Crippen LogP contribution in [0, 0.1) is 0 Å². The molecule has 7 heteroatoms. The van der Waals surface area contributed by atoms with Crippen molar-refractivity contribution in [2.45, 2.75) is 32.4 Å². The minimum absolute atomic E-state index is 0.0766. The van der Waals surface area contributed by atoms with Gasteiger partial charge in [-0.3, -0.25) is 4.79 Å². The van der Waals surface area contributed by atoms with Crippen molar-refractivity contribution in [1.82, 2.24) is 10.3 Å². The molecule has 0 spiro atoms. The van der Waals surface area contributed by atoms with Gasteiger partial charge in [0.15, 0.2) is 10.9 Å². The number of anilines is 1. The van der Waals surface area contributed by atoms with Crippen molar-refractivity contribution in [3.05, 3.63) is 23.3 Å². The summed E-state index contributed by atoms with van der Waals surface area (Å²) in [5.41, 5.74) is 0.800. The zero-order chi connectivity index (χ0) is 15.4. The Bertz CT molecular complexity index is 632. The Morgan fingerprint density at radius 1 is 1.50 bits per heavy atom. The van der Waals surface area contributed by atoms with Crippen LogP contribution in [0.1, 0.15) is 25.5 Å². The number of carbonyl (C=O) groups is 1. The van der Waals surface area contributed by atoms with E-state index in [1.807, 2.05) is 17.5 Å². The maximum absolute atomic E-state index is 10.9. The topological polar surface area (TPSA) is 76.4 Å². The number of furan rings is 1. The average molecular weight is 321 g/mol. The molecule has 0 saturated carbocycles. The summed E-state index contributed by atoms with van der Waals surface area (Å²) in [6, 6.07) is 3.72. The molecule has 1 atom stereocenters. The van der Waals surface area contributed by atoms with E-state index < -0.39 is 0 Å². The second-order valence-corrected chi connectivity index (χ2v) is 6.09. The summed E-state index contributed by atoms with van der Waals surface area (Å²) in [4.78, 5) is 15.4. The highest BCUT2D eigenvalue weighted by molar-refractivity contribution is 7.14. The number of thiazole rings is 1. The maximum atomic E-state index is 10.9. The van der Waals surface area contributed by atoms with Gasteiger partial charge in [0.1, 0.15) is 11.5 Å². The van der Waals surface area contributed by atoms with Gasteiger partial charge in [0.05, 0.1) is 12.6 Å². The zero-order valence-corrected chi connectivity index (χ0v) is 13.2. The van der Waals surface area contributed by atoms with Crippen LogP contribution in [0.3, 0.4) is 0 Å². The van der Waals surface area contributed by atoms with Gasteiger partial charge in [-0.1, -0.05) is 0 Å². The maximum Gasteiger partial charge on any atom is 0.217 e. The molecular weight excluding hydrogens is 302 g/mol. The molecule has 1 unspecified atom stereocenters. The van der Waals surface area contributed by atoms with Crippen molar-refractivity contribution < 1.29 is 13.9 Å². The minimum Gasteiger partial charge on any atom is -0.458 e. The van der Waals surface area contributed by atoms with Gasteiger partial charge >= 0.3 is 0 Å². The summed E-state index contributed by atoms with van der Waals surface area (Å²) < 4.78 is 11.3. The smallest absolute Gasteiger partial charge is 0.217 e. The number of nitrogens with one attached hydrogen (secondary N) is 2. The number of nitrogens with zero attached hydrogens (tertiary/aromatic N) is 1. The van der Waals surface area contributed by atoms with E-state index in [1.54, 1.807) is 11.3 Å². The summed E-state index contributed by atoms with van der Waals surface area (Å²) in [5, 5.41) is 8.84. The van der Waals surface area contributed by atoms with Crippen molar-refractivity contribution in [3.8, 4) is 11.5 Å². The second kappa shape index (κ2) is 6.93. The molecular formula is C15H19N3O3S. The Morgan fingerprint density at radius 2 is 2.41 bits per heavy atom. The van der Waals surface area contributed by atoms with Gasteiger partial charge in [-0.05, 0) is 25.0 Å². The fourth-order valence-corrected chi connectivity index (χ4v) is 3.01. The number of ether oxygens (including phenoxy) is 1. The number of hydrogen-bond donors (Lipinski definition) is 2. The molecule has 2 aromatic heterocycles. The van der Waals surface area contributed by atoms with Crippen LogP contribution in [0.2, 0.25) is 0 Å². The van der Waals surface area contributed by atoms with Crippen LogP contribution in [0.5, 0.6) is 0 Å². The molecule has 6 nitrogen and oxygen atoms in total. The predicted octanol–water partition coefficient (Wildman–Crippen LogP) is 2.63. The number of rotatable bonds is 6. The molecule has 1 aliphatic rings. The van der Waals surface area contributed by atoms with Crippen LogP contribution in [0.15, 0.2) is 21.9 Å². The number of hydrogen-bond acceptors (Lipinski definition) is 6. The van der Waals surface area contributed by atoms with E-state index >= 15 is 0 Å². The van der Waals surface area contributed by atoms with Gasteiger partial charge in [0.25, 0.3) is 0 Å². The molecule has 3 heterocycles. The first kappa shape index (κ1) is 15.1. The largest absolute Gasteiger partial charge is 0.458 e. The molecule has 2 aromatic rings. The molecule has 118 valence electrons. The van der Waals surface area contributed by atoms with Gasteiger partial charge in [-0.2, -0.15) is 0 Å². The van der Waals surface area contributed by atoms with E-state index in [4.69, 9.17) is 9.15 Å². The zero-order valence-electron chi connectivity index (χ0n) is 12.4. The molecule has 0 radical (unpaired) electrons. The molecule has 2 N–H and O–H groups in total. The highest BCUT2D eigenvalue weighted by atomic mass is 32.1. The van der Waals surface area contributed by atoms with Crippen molar-refractivity contribution >= 4 is 22.4 Å². The van der Waals surface area contributed by atoms with Crippen molar-refractivity contribution in [1.29, 1.82) is 0 Å². The van der Waals surface area contributed by atoms with E-state index in [-0.39, 0.29) is 5.91 Å². The van der Waals surface area contributed by atoms with Crippen LogP contribution in [-0.2, 0) is 16.1 Å². The number of aromatic nitrogens is 1. The SMILES string of the molecule is CC(=O)NCc1ccc(-c2csc(NCC3CCCO3)n2)o1. The molecule has 0 aliphatic carbocycles. The standard InChI is InChI=1S/C15H19N3O3S/c1-10(19)16-8-12-4-5-14(21-12)13-9-22-15(18-13)17-7-11-3-2-6-20-11/h4-5,9,11H,2-3,6-8H2,1H3,(H,16,19)(H,17,18). The van der Waals surface area contributed by atoms with Gasteiger partial charge < -0.3 is 19.8 Å². The molecule has 0 bridgehead atoms. The van der Waals surface area contributed by atoms with Gasteiger partial charge in [-0.25, -0.2) is 4.98 Å². The summed E-state index contributed by atoms with van der Waals surface area (Å²) in [6.45, 7) is 3.53. The Hall–Kier alpha value is -1.86. The van der Waals surface area contributed by atoms with Gasteiger partial charge in [0, 0.05) is 25.5 Å². The molecule has 1 amide bonds. The van der Waals surface area contributed by atoms with E-state index in [1.165, 1.54) is 6.92 Å². The lowest BCUT2D eigenvalue weighted by Crippen LogP contribution is -2.18. The lowest BCUT2D eigenvalue weighted by atomic mass is 10.2. The Morgan fingerprint density at radius 3 is 3.18 bits per heavy atom. The normalized spacial score (nSPS) is 17.6. The van der Waals surface area contributed by atoms with Gasteiger partial charge in [-0.15, -0.1) is 11.3 Å². The quantitative estimate of drug-likeness (QED) is 0.855. The highest BCUT2D eigenvalue weighted by Crippen LogP contribution is 2.27. The average Bonchev–Trinajstić information content (AvgIpc) is 3.23. The van der Waals surface area contributed by atoms with Crippen LogP contribution in [0.4, 0.5) is 5.13 Å². The first-order valence-corrected chi connectivity index (χ1v) is 8.23. The third kappa shape index (κ3) is 3.86. The molecule has 22 heavy (non-hydrogen) atoms. The predicted molar refractivity (Wildman–Crippen MR) is 84.8 cm³/mol. The first-order valence-electron chi connectivity index (χ1n) is 7.35. The van der Waals surface area contributed by atoms with E-state index in [2.05, 4.69) is 15.6 Å². The van der Waals surface area contributed by atoms with Crippen LogP contribution >= 0.6 is 11.3 Å². The Labute approximate surface area is 132 Å². The molecule has 1 fully saturated rings. The van der Waals surface area contributed by atoms with Crippen molar-refractivity contribution in [2.24, 2.45) is 0 Å². The molecule has 1 saturated heterocycles. The fraction of sp³-hybridized carbons (Fsp3) is 0.467.